The van der Waals surface area contributed by atoms with Crippen molar-refractivity contribution in [3.05, 3.63) is 112 Å². The van der Waals surface area contributed by atoms with E-state index in [0.717, 1.165) is 22.5 Å². The van der Waals surface area contributed by atoms with Gasteiger partial charge in [0.1, 0.15) is 6.61 Å². The molecule has 1 fully saturated rings. The van der Waals surface area contributed by atoms with Crippen molar-refractivity contribution in [2.75, 3.05) is 39.9 Å². The lowest BCUT2D eigenvalue weighted by atomic mass is 9.75. The van der Waals surface area contributed by atoms with Crippen LogP contribution in [0, 0.1) is 23.2 Å². The van der Waals surface area contributed by atoms with E-state index in [0.29, 0.717) is 42.3 Å². The van der Waals surface area contributed by atoms with E-state index in [-0.39, 0.29) is 36.3 Å². The minimum absolute atomic E-state index is 0.0431. The smallest absolute Gasteiger partial charge is 0.253 e. The number of piperazine rings is 1. The average molecular weight is 624 g/mol. The monoisotopic (exact) mass is 623 g/mol. The van der Waals surface area contributed by atoms with E-state index >= 15 is 0 Å². The second-order valence-electron chi connectivity index (χ2n) is 11.5. The number of halogens is 1. The largest absolute Gasteiger partial charge is 0.375 e. The summed E-state index contributed by atoms with van der Waals surface area (Å²) in [6.07, 6.45) is 13.6. The first-order valence-electron chi connectivity index (χ1n) is 14.9. The molecule has 11 heteroatoms. The molecule has 3 heterocycles. The van der Waals surface area contributed by atoms with Crippen molar-refractivity contribution in [3.63, 3.8) is 0 Å². The van der Waals surface area contributed by atoms with Crippen LogP contribution in [-0.4, -0.2) is 76.0 Å². The predicted octanol–water partition coefficient (Wildman–Crippen LogP) is 4.01. The third-order valence-electron chi connectivity index (χ3n) is 8.77. The van der Waals surface area contributed by atoms with Crippen molar-refractivity contribution >= 4 is 29.5 Å². The molecule has 0 saturated carbocycles. The first-order valence-corrected chi connectivity index (χ1v) is 15.3. The van der Waals surface area contributed by atoms with E-state index in [1.807, 2.05) is 34.9 Å². The summed E-state index contributed by atoms with van der Waals surface area (Å²) in [7, 11) is 3.41. The molecule has 3 aromatic rings. The van der Waals surface area contributed by atoms with E-state index in [4.69, 9.17) is 26.6 Å². The maximum Gasteiger partial charge on any atom is 0.253 e. The fraction of sp³-hybridized carbons (Fsp3) is 0.324. The van der Waals surface area contributed by atoms with Gasteiger partial charge < -0.3 is 19.5 Å². The second-order valence-corrected chi connectivity index (χ2v) is 11.9. The first-order chi connectivity index (χ1) is 21.9. The molecule has 6 rings (SSSR count). The summed E-state index contributed by atoms with van der Waals surface area (Å²) in [5.74, 6) is -0.496. The van der Waals surface area contributed by atoms with E-state index in [1.54, 1.807) is 36.8 Å². The highest BCUT2D eigenvalue weighted by Crippen LogP contribution is 2.48. The maximum absolute atomic E-state index is 13.3. The number of nitriles is 1. The number of fused-ring (bicyclic) bond motifs is 2. The number of ether oxygens (including phenoxy) is 1. The van der Waals surface area contributed by atoms with Crippen molar-refractivity contribution in [2.45, 2.75) is 12.1 Å². The number of pyridine rings is 1. The lowest BCUT2D eigenvalue weighted by molar-refractivity contribution is -0.125. The van der Waals surface area contributed by atoms with E-state index in [9.17, 15) is 9.59 Å². The lowest BCUT2D eigenvalue weighted by Gasteiger charge is -2.43. The molecular formula is C34H34ClN7O3. The minimum atomic E-state index is -0.492. The number of carbonyl (C=O) groups is 2. The minimum Gasteiger partial charge on any atom is -0.375 e. The van der Waals surface area contributed by atoms with Gasteiger partial charge in [-0.25, -0.2) is 4.98 Å². The summed E-state index contributed by atoms with van der Waals surface area (Å²) in [6, 6.07) is 12.3. The zero-order valence-corrected chi connectivity index (χ0v) is 25.9. The molecule has 0 bridgehead atoms. The standard InChI is InChI=1S/C34H34ClN7O3/c1-40-21-37-19-29(40)32(39-30(43)20-45-2)28-16-24-4-3-11-38-31(24)33(26-10-9-25(35)17-27(26)28)41-12-14-42(15-13-41)34(44)23-7-5-22(18-36)6-8-23/h3-11,16-17,19,21,26-27,32-33H,12-15,20H2,1-2H3,(H,39,43). The van der Waals surface area contributed by atoms with Crippen LogP contribution in [0.15, 0.2) is 84.0 Å². The zero-order valence-electron chi connectivity index (χ0n) is 25.1. The normalized spacial score (nSPS) is 21.8. The van der Waals surface area contributed by atoms with Crippen LogP contribution in [-0.2, 0) is 16.6 Å². The Morgan fingerprint density at radius 1 is 1.18 bits per heavy atom. The number of benzene rings is 1. The Hall–Kier alpha value is -4.56. The van der Waals surface area contributed by atoms with Crippen molar-refractivity contribution in [1.82, 2.24) is 29.7 Å². The third kappa shape index (κ3) is 6.20. The molecule has 1 N–H and O–H groups in total. The van der Waals surface area contributed by atoms with E-state index in [1.165, 1.54) is 7.11 Å². The molecule has 2 aromatic heterocycles. The van der Waals surface area contributed by atoms with Gasteiger partial charge in [0.15, 0.2) is 0 Å². The van der Waals surface area contributed by atoms with Gasteiger partial charge >= 0.3 is 0 Å². The molecule has 230 valence electrons. The van der Waals surface area contributed by atoms with Crippen molar-refractivity contribution < 1.29 is 14.3 Å². The van der Waals surface area contributed by atoms with Crippen LogP contribution < -0.4 is 5.32 Å². The Balaban J connectivity index is 1.34. The maximum atomic E-state index is 13.3. The number of amides is 2. The molecule has 1 aromatic carbocycles. The number of allylic oxidation sites excluding steroid dienone is 3. The highest BCUT2D eigenvalue weighted by atomic mass is 35.5. The Kier molecular flexibility index (Phi) is 8.94. The van der Waals surface area contributed by atoms with Gasteiger partial charge in [0.05, 0.1) is 47.6 Å². The quantitative estimate of drug-likeness (QED) is 0.423. The Labute approximate surface area is 267 Å². The van der Waals surface area contributed by atoms with Crippen LogP contribution in [0.25, 0.3) is 6.08 Å². The fourth-order valence-electron chi connectivity index (χ4n) is 6.61. The summed E-state index contributed by atoms with van der Waals surface area (Å²) in [5, 5.41) is 12.9. The topological polar surface area (TPSA) is 116 Å². The number of carbonyl (C=O) groups excluding carboxylic acids is 2. The third-order valence-corrected chi connectivity index (χ3v) is 9.03. The molecule has 1 saturated heterocycles. The number of imidazole rings is 1. The molecule has 3 aliphatic rings. The molecule has 45 heavy (non-hydrogen) atoms. The van der Waals surface area contributed by atoms with Crippen LogP contribution >= 0.6 is 11.6 Å². The van der Waals surface area contributed by atoms with Crippen molar-refractivity contribution in [2.24, 2.45) is 18.9 Å². The number of hydrogen-bond donors (Lipinski definition) is 1. The van der Waals surface area contributed by atoms with Gasteiger partial charge in [-0.15, -0.1) is 0 Å². The number of rotatable bonds is 7. The number of hydrogen-bond acceptors (Lipinski definition) is 7. The van der Waals surface area contributed by atoms with Gasteiger partial charge in [-0.3, -0.25) is 19.5 Å². The Morgan fingerprint density at radius 3 is 2.64 bits per heavy atom. The Morgan fingerprint density at radius 2 is 1.96 bits per heavy atom. The molecule has 1 aliphatic heterocycles. The molecule has 10 nitrogen and oxygen atoms in total. The summed E-state index contributed by atoms with van der Waals surface area (Å²) in [4.78, 5) is 39.8. The SMILES string of the molecule is COCC(=O)NC(C1=Cc2cccnc2C(N2CCN(C(=O)c3ccc(C#N)cc3)CC2)C2C=CC(Cl)=CC12)c1cncn1C. The van der Waals surface area contributed by atoms with Gasteiger partial charge in [-0.1, -0.05) is 35.9 Å². The summed E-state index contributed by atoms with van der Waals surface area (Å²) < 4.78 is 7.06. The number of aromatic nitrogens is 3. The van der Waals surface area contributed by atoms with Crippen LogP contribution in [0.4, 0.5) is 0 Å². The van der Waals surface area contributed by atoms with Gasteiger partial charge in [0.25, 0.3) is 5.91 Å². The van der Waals surface area contributed by atoms with E-state index < -0.39 is 6.04 Å². The number of aryl methyl sites for hydroxylation is 1. The van der Waals surface area contributed by atoms with Crippen LogP contribution in [0.2, 0.25) is 0 Å². The molecule has 4 atom stereocenters. The number of nitrogens with zero attached hydrogens (tertiary/aromatic N) is 6. The van der Waals surface area contributed by atoms with Gasteiger partial charge in [0.2, 0.25) is 5.91 Å². The highest BCUT2D eigenvalue weighted by molar-refractivity contribution is 6.31. The van der Waals surface area contributed by atoms with Gasteiger partial charge in [0, 0.05) is 69.0 Å². The fourth-order valence-corrected chi connectivity index (χ4v) is 6.82. The summed E-state index contributed by atoms with van der Waals surface area (Å²) in [6.45, 7) is 2.35. The van der Waals surface area contributed by atoms with Crippen molar-refractivity contribution in [3.8, 4) is 6.07 Å². The Bertz CT molecular complexity index is 1710. The molecule has 0 spiro atoms. The zero-order chi connectivity index (χ0) is 31.5. The van der Waals surface area contributed by atoms with Crippen LogP contribution in [0.5, 0.6) is 0 Å². The van der Waals surface area contributed by atoms with Crippen LogP contribution in [0.1, 0.15) is 45.0 Å². The molecular weight excluding hydrogens is 590 g/mol. The second kappa shape index (κ2) is 13.2. The van der Waals surface area contributed by atoms with Gasteiger partial charge in [-0.05, 0) is 47.5 Å². The summed E-state index contributed by atoms with van der Waals surface area (Å²) >= 11 is 6.68. The van der Waals surface area contributed by atoms with Crippen molar-refractivity contribution in [1.29, 1.82) is 5.26 Å². The molecule has 2 amide bonds. The molecule has 4 unspecified atom stereocenters. The lowest BCUT2D eigenvalue weighted by Crippen LogP contribution is -2.51. The predicted molar refractivity (Wildman–Crippen MR) is 170 cm³/mol. The number of methoxy groups -OCH3 is 1. The van der Waals surface area contributed by atoms with E-state index in [2.05, 4.69) is 45.6 Å². The number of nitrogens with one attached hydrogen (secondary N) is 1. The molecule has 0 radical (unpaired) electrons. The van der Waals surface area contributed by atoms with Gasteiger partial charge in [-0.2, -0.15) is 5.26 Å². The first kappa shape index (κ1) is 30.5. The highest BCUT2D eigenvalue weighted by Gasteiger charge is 2.43. The molecule has 2 aliphatic carbocycles. The average Bonchev–Trinajstić information content (AvgIpc) is 3.43. The summed E-state index contributed by atoms with van der Waals surface area (Å²) in [5.41, 5.74) is 4.82. The van der Waals surface area contributed by atoms with Crippen LogP contribution in [0.3, 0.4) is 0 Å².